The molecule has 2 aromatic rings. The lowest BCUT2D eigenvalue weighted by molar-refractivity contribution is -0.115. The molecule has 1 N–H and O–H groups in total. The quantitative estimate of drug-likeness (QED) is 0.906. The van der Waals surface area contributed by atoms with E-state index < -0.39 is 9.84 Å². The Hall–Kier alpha value is -2.14. The van der Waals surface area contributed by atoms with Crippen LogP contribution in [0.1, 0.15) is 29.5 Å². The molecule has 1 aliphatic rings. The van der Waals surface area contributed by atoms with Gasteiger partial charge in [-0.2, -0.15) is 0 Å². The van der Waals surface area contributed by atoms with Crippen LogP contribution in [-0.2, 0) is 27.5 Å². The number of carbonyl (C=O) groups is 1. The van der Waals surface area contributed by atoms with E-state index in [2.05, 4.69) is 5.32 Å². The molecule has 0 spiro atoms. The van der Waals surface area contributed by atoms with Gasteiger partial charge in [0.25, 0.3) is 0 Å². The van der Waals surface area contributed by atoms with Gasteiger partial charge < -0.3 is 5.32 Å². The van der Waals surface area contributed by atoms with E-state index in [4.69, 9.17) is 0 Å². The minimum absolute atomic E-state index is 0.0483. The fourth-order valence-corrected chi connectivity index (χ4v) is 4.20. The number of amides is 1. The highest BCUT2D eigenvalue weighted by molar-refractivity contribution is 7.91. The fourth-order valence-electron chi connectivity index (χ4n) is 2.96. The number of aryl methyl sites for hydroxylation is 3. The van der Waals surface area contributed by atoms with Crippen molar-refractivity contribution in [2.75, 3.05) is 11.1 Å². The van der Waals surface area contributed by atoms with Crippen LogP contribution in [0, 0.1) is 6.92 Å². The molecule has 0 aromatic heterocycles. The maximum atomic E-state index is 12.3. The van der Waals surface area contributed by atoms with Crippen LogP contribution in [0.15, 0.2) is 47.4 Å². The van der Waals surface area contributed by atoms with Crippen LogP contribution in [0.5, 0.6) is 0 Å². The average Bonchev–Trinajstić information content (AvgIpc) is 3.01. The Kier molecular flexibility index (Phi) is 4.71. The second kappa shape index (κ2) is 6.77. The van der Waals surface area contributed by atoms with Crippen LogP contribution in [-0.4, -0.2) is 20.1 Å². The molecular formula is C19H21NO3S. The molecule has 5 heteroatoms. The molecule has 0 aliphatic heterocycles. The van der Waals surface area contributed by atoms with Crippen LogP contribution >= 0.6 is 0 Å². The van der Waals surface area contributed by atoms with Crippen LogP contribution in [0.4, 0.5) is 5.69 Å². The summed E-state index contributed by atoms with van der Waals surface area (Å²) in [6.45, 7) is 1.90. The molecule has 0 saturated heterocycles. The van der Waals surface area contributed by atoms with Gasteiger partial charge >= 0.3 is 0 Å². The molecule has 24 heavy (non-hydrogen) atoms. The third-order valence-corrected chi connectivity index (χ3v) is 6.09. The topological polar surface area (TPSA) is 63.2 Å². The first-order valence-corrected chi connectivity index (χ1v) is 9.80. The maximum absolute atomic E-state index is 12.3. The lowest BCUT2D eigenvalue weighted by Crippen LogP contribution is -2.17. The predicted molar refractivity (Wildman–Crippen MR) is 94.9 cm³/mol. The molecule has 1 amide bonds. The van der Waals surface area contributed by atoms with Crippen molar-refractivity contribution in [1.82, 2.24) is 0 Å². The number of hydrogen-bond donors (Lipinski definition) is 1. The molecule has 0 fully saturated rings. The van der Waals surface area contributed by atoms with Crippen molar-refractivity contribution in [3.63, 3.8) is 0 Å². The van der Waals surface area contributed by atoms with Crippen molar-refractivity contribution in [1.29, 1.82) is 0 Å². The average molecular weight is 343 g/mol. The SMILES string of the molecule is Cc1ccc(S(=O)(=O)CCC(=O)Nc2ccc3c(c2)CCC3)cc1. The summed E-state index contributed by atoms with van der Waals surface area (Å²) in [5.74, 6) is -0.462. The molecule has 3 rings (SSSR count). The summed E-state index contributed by atoms with van der Waals surface area (Å²) in [4.78, 5) is 12.3. The summed E-state index contributed by atoms with van der Waals surface area (Å²) < 4.78 is 24.5. The summed E-state index contributed by atoms with van der Waals surface area (Å²) in [6, 6.07) is 12.6. The molecule has 4 nitrogen and oxygen atoms in total. The van der Waals surface area contributed by atoms with Gasteiger partial charge in [0.2, 0.25) is 5.91 Å². The molecule has 1 aliphatic carbocycles. The van der Waals surface area contributed by atoms with Gasteiger partial charge in [-0.1, -0.05) is 23.8 Å². The van der Waals surface area contributed by atoms with Gasteiger partial charge in [0.15, 0.2) is 9.84 Å². The fraction of sp³-hybridized carbons (Fsp3) is 0.316. The molecule has 0 heterocycles. The van der Waals surface area contributed by atoms with Crippen LogP contribution in [0.3, 0.4) is 0 Å². The lowest BCUT2D eigenvalue weighted by Gasteiger charge is -2.08. The smallest absolute Gasteiger partial charge is 0.225 e. The highest BCUT2D eigenvalue weighted by atomic mass is 32.2. The Morgan fingerprint density at radius 3 is 2.50 bits per heavy atom. The Morgan fingerprint density at radius 1 is 1.04 bits per heavy atom. The van der Waals surface area contributed by atoms with Crippen molar-refractivity contribution in [2.24, 2.45) is 0 Å². The van der Waals surface area contributed by atoms with Crippen molar-refractivity contribution in [3.8, 4) is 0 Å². The van der Waals surface area contributed by atoms with E-state index in [-0.39, 0.29) is 23.0 Å². The van der Waals surface area contributed by atoms with Gasteiger partial charge in [0.05, 0.1) is 10.6 Å². The number of carbonyl (C=O) groups excluding carboxylic acids is 1. The van der Waals surface area contributed by atoms with Crippen molar-refractivity contribution < 1.29 is 13.2 Å². The van der Waals surface area contributed by atoms with Crippen LogP contribution in [0.25, 0.3) is 0 Å². The molecule has 2 aromatic carbocycles. The molecular weight excluding hydrogens is 322 g/mol. The molecule has 126 valence electrons. The number of fused-ring (bicyclic) bond motifs is 1. The Morgan fingerprint density at radius 2 is 1.75 bits per heavy atom. The summed E-state index contributed by atoms with van der Waals surface area (Å²) >= 11 is 0. The Balaban J connectivity index is 1.60. The van der Waals surface area contributed by atoms with E-state index in [1.807, 2.05) is 25.1 Å². The highest BCUT2D eigenvalue weighted by Gasteiger charge is 2.17. The standard InChI is InChI=1S/C19H21NO3S/c1-14-5-9-18(10-6-14)24(22,23)12-11-19(21)20-17-8-7-15-3-2-4-16(15)13-17/h5-10,13H,2-4,11-12H2,1H3,(H,20,21). The third kappa shape index (κ3) is 3.85. The summed E-state index contributed by atoms with van der Waals surface area (Å²) in [6.07, 6.45) is 3.24. The number of sulfone groups is 1. The van der Waals surface area contributed by atoms with Gasteiger partial charge in [0, 0.05) is 12.1 Å². The minimum atomic E-state index is -3.43. The normalized spacial score (nSPS) is 13.5. The number of benzene rings is 2. The van der Waals surface area contributed by atoms with Gasteiger partial charge in [-0.25, -0.2) is 8.42 Å². The monoisotopic (exact) mass is 343 g/mol. The highest BCUT2D eigenvalue weighted by Crippen LogP contribution is 2.25. The summed E-state index contributed by atoms with van der Waals surface area (Å²) in [5.41, 5.74) is 4.37. The van der Waals surface area contributed by atoms with E-state index in [1.54, 1.807) is 24.3 Å². The first-order chi connectivity index (χ1) is 11.4. The second-order valence-corrected chi connectivity index (χ2v) is 8.38. The van der Waals surface area contributed by atoms with E-state index >= 15 is 0 Å². The Bertz CT molecular complexity index is 855. The van der Waals surface area contributed by atoms with Crippen molar-refractivity contribution in [2.45, 2.75) is 37.5 Å². The van der Waals surface area contributed by atoms with Gasteiger partial charge in [-0.3, -0.25) is 4.79 Å². The number of nitrogens with one attached hydrogen (secondary N) is 1. The molecule has 0 unspecified atom stereocenters. The van der Waals surface area contributed by atoms with Crippen LogP contribution in [0.2, 0.25) is 0 Å². The van der Waals surface area contributed by atoms with E-state index in [0.717, 1.165) is 30.5 Å². The molecule has 0 radical (unpaired) electrons. The molecule has 0 atom stereocenters. The van der Waals surface area contributed by atoms with Crippen molar-refractivity contribution in [3.05, 3.63) is 59.2 Å². The first-order valence-electron chi connectivity index (χ1n) is 8.15. The van der Waals surface area contributed by atoms with E-state index in [9.17, 15) is 13.2 Å². The first kappa shape index (κ1) is 16.7. The zero-order chi connectivity index (χ0) is 17.2. The lowest BCUT2D eigenvalue weighted by atomic mass is 10.1. The van der Waals surface area contributed by atoms with Gasteiger partial charge in [0.1, 0.15) is 0 Å². The Labute approximate surface area is 142 Å². The third-order valence-electron chi connectivity index (χ3n) is 4.36. The predicted octanol–water partition coefficient (Wildman–Crippen LogP) is 3.29. The molecule has 0 saturated carbocycles. The van der Waals surface area contributed by atoms with Crippen molar-refractivity contribution >= 4 is 21.4 Å². The largest absolute Gasteiger partial charge is 0.326 e. The van der Waals surface area contributed by atoms with E-state index in [0.29, 0.717) is 0 Å². The molecule has 0 bridgehead atoms. The van der Waals surface area contributed by atoms with E-state index in [1.165, 1.54) is 11.1 Å². The number of anilines is 1. The zero-order valence-electron chi connectivity index (χ0n) is 13.7. The maximum Gasteiger partial charge on any atom is 0.225 e. The minimum Gasteiger partial charge on any atom is -0.326 e. The number of rotatable bonds is 5. The zero-order valence-corrected chi connectivity index (χ0v) is 14.5. The van der Waals surface area contributed by atoms with Gasteiger partial charge in [-0.05, 0) is 61.6 Å². The van der Waals surface area contributed by atoms with Gasteiger partial charge in [-0.15, -0.1) is 0 Å². The summed E-state index contributed by atoms with van der Waals surface area (Å²) in [7, 11) is -3.43. The number of hydrogen-bond acceptors (Lipinski definition) is 3. The summed E-state index contributed by atoms with van der Waals surface area (Å²) in [5, 5.41) is 2.80. The second-order valence-electron chi connectivity index (χ2n) is 6.27. The van der Waals surface area contributed by atoms with Crippen LogP contribution < -0.4 is 5.32 Å².